The van der Waals surface area contributed by atoms with Gasteiger partial charge in [-0.2, -0.15) is 5.10 Å². The zero-order valence-electron chi connectivity index (χ0n) is 8.63. The minimum absolute atomic E-state index is 0.0463. The molecule has 82 valence electrons. The smallest absolute Gasteiger partial charge is 0.270 e. The molecule has 3 nitrogen and oxygen atoms in total. The third kappa shape index (κ3) is 2.38. The van der Waals surface area contributed by atoms with Crippen molar-refractivity contribution in [2.45, 2.75) is 30.9 Å². The summed E-state index contributed by atoms with van der Waals surface area (Å²) in [5.74, 6) is 0. The molecule has 0 aromatic carbocycles. The molecule has 1 aliphatic heterocycles. The van der Waals surface area contributed by atoms with Gasteiger partial charge in [0.2, 0.25) is 0 Å². The van der Waals surface area contributed by atoms with E-state index in [0.29, 0.717) is 0 Å². The van der Waals surface area contributed by atoms with Gasteiger partial charge < -0.3 is 0 Å². The van der Waals surface area contributed by atoms with Gasteiger partial charge in [-0.3, -0.25) is 9.91 Å². The predicted octanol–water partition coefficient (Wildman–Crippen LogP) is 2.88. The molecule has 1 atom stereocenters. The minimum Gasteiger partial charge on any atom is -0.294 e. The molecule has 0 amide bonds. The maximum Gasteiger partial charge on any atom is 0.270 e. The number of hydrogen-bond acceptors (Lipinski definition) is 3. The van der Waals surface area contributed by atoms with Gasteiger partial charge in [0.25, 0.3) is 3.92 Å². The van der Waals surface area contributed by atoms with Gasteiger partial charge in [-0.05, 0) is 0 Å². The molecule has 0 N–H and O–H groups in total. The fraction of sp³-hybridized carbons (Fsp3) is 0.875. The van der Waals surface area contributed by atoms with E-state index in [1.807, 2.05) is 7.05 Å². The fourth-order valence-electron chi connectivity index (χ4n) is 1.63. The highest BCUT2D eigenvalue weighted by Crippen LogP contribution is 2.39. The molecule has 1 heterocycles. The maximum atomic E-state index is 5.84. The number of hydrogen-bond donors (Lipinski definition) is 0. The van der Waals surface area contributed by atoms with Crippen molar-refractivity contribution >= 4 is 41.1 Å². The fourth-order valence-corrected chi connectivity index (χ4v) is 2.03. The topological polar surface area (TPSA) is 18.8 Å². The number of alkyl halides is 3. The van der Waals surface area contributed by atoms with E-state index >= 15 is 0 Å². The second kappa shape index (κ2) is 3.62. The summed E-state index contributed by atoms with van der Waals surface area (Å²) in [7, 11) is 1.86. The summed E-state index contributed by atoms with van der Waals surface area (Å²) >= 11 is 17.5. The summed E-state index contributed by atoms with van der Waals surface area (Å²) < 4.78 is -1.45. The Labute approximate surface area is 99.6 Å². The summed E-state index contributed by atoms with van der Waals surface area (Å²) in [5.41, 5.74) is -0.0465. The lowest BCUT2D eigenvalue weighted by Crippen LogP contribution is -2.51. The van der Waals surface area contributed by atoms with Crippen LogP contribution in [0.4, 0.5) is 0 Å². The van der Waals surface area contributed by atoms with Gasteiger partial charge in [-0.1, -0.05) is 55.6 Å². The second-order valence-electron chi connectivity index (χ2n) is 4.42. The molecule has 0 radical (unpaired) electrons. The number of halogens is 3. The lowest BCUT2D eigenvalue weighted by atomic mass is 9.91. The third-order valence-electron chi connectivity index (χ3n) is 2.04. The lowest BCUT2D eigenvalue weighted by Gasteiger charge is -2.40. The van der Waals surface area contributed by atoms with Crippen LogP contribution >= 0.6 is 34.8 Å². The summed E-state index contributed by atoms with van der Waals surface area (Å²) in [6, 6.07) is 0. The van der Waals surface area contributed by atoms with Crippen LogP contribution < -0.4 is 0 Å². The summed E-state index contributed by atoms with van der Waals surface area (Å²) in [6.07, 6.45) is 1.51. The highest BCUT2D eigenvalue weighted by atomic mass is 35.6. The van der Waals surface area contributed by atoms with Crippen molar-refractivity contribution < 1.29 is 0 Å². The Morgan fingerprint density at radius 2 is 1.71 bits per heavy atom. The molecule has 1 rings (SSSR count). The first kappa shape index (κ1) is 12.2. The van der Waals surface area contributed by atoms with Crippen molar-refractivity contribution in [3.63, 3.8) is 0 Å². The minimum atomic E-state index is -1.45. The monoisotopic (exact) mass is 257 g/mol. The van der Waals surface area contributed by atoms with Gasteiger partial charge in [-0.15, -0.1) is 0 Å². The van der Waals surface area contributed by atoms with Crippen LogP contribution in [0, 0.1) is 5.41 Å². The molecule has 0 aromatic heterocycles. The van der Waals surface area contributed by atoms with E-state index in [1.165, 1.54) is 0 Å². The van der Waals surface area contributed by atoms with Crippen LogP contribution in [0.1, 0.15) is 20.8 Å². The van der Waals surface area contributed by atoms with Crippen LogP contribution in [-0.4, -0.2) is 33.4 Å². The number of hydrazone groups is 1. The quantitative estimate of drug-likeness (QED) is 0.491. The van der Waals surface area contributed by atoms with Crippen LogP contribution in [0.2, 0.25) is 0 Å². The average Bonchev–Trinajstić information content (AvgIpc) is 2.27. The molecule has 0 bridgehead atoms. The van der Waals surface area contributed by atoms with E-state index in [1.54, 1.807) is 16.2 Å². The van der Waals surface area contributed by atoms with Crippen LogP contribution in [0.5, 0.6) is 0 Å². The van der Waals surface area contributed by atoms with Gasteiger partial charge in [0, 0.05) is 12.5 Å². The Bertz CT molecular complexity index is 241. The zero-order chi connectivity index (χ0) is 11.1. The highest BCUT2D eigenvalue weighted by molar-refractivity contribution is 6.67. The molecular weight excluding hydrogens is 244 g/mol. The Kier molecular flexibility index (Phi) is 3.15. The third-order valence-corrected chi connectivity index (χ3v) is 2.63. The molecule has 0 saturated heterocycles. The first-order chi connectivity index (χ1) is 6.14. The van der Waals surface area contributed by atoms with Crippen molar-refractivity contribution in [2.24, 2.45) is 10.5 Å². The average molecular weight is 259 g/mol. The standard InChI is InChI=1S/C8H14Cl3N3/c1-7(2,3)6-13(4)12-5-14(6)8(9,10)11/h5-6H,1-4H3. The van der Waals surface area contributed by atoms with E-state index < -0.39 is 3.92 Å². The molecule has 0 saturated carbocycles. The molecule has 0 spiro atoms. The SMILES string of the molecule is CN1N=CN(C(Cl)(Cl)Cl)C1C(C)(C)C. The van der Waals surface area contributed by atoms with E-state index in [9.17, 15) is 0 Å². The van der Waals surface area contributed by atoms with E-state index in [4.69, 9.17) is 34.8 Å². The predicted molar refractivity (Wildman–Crippen MR) is 61.6 cm³/mol. The van der Waals surface area contributed by atoms with Gasteiger partial charge in [0.15, 0.2) is 0 Å². The molecule has 1 unspecified atom stereocenters. The molecule has 14 heavy (non-hydrogen) atoms. The van der Waals surface area contributed by atoms with Crippen molar-refractivity contribution in [3.05, 3.63) is 0 Å². The zero-order valence-corrected chi connectivity index (χ0v) is 10.9. The van der Waals surface area contributed by atoms with Crippen molar-refractivity contribution in [1.29, 1.82) is 0 Å². The summed E-state index contributed by atoms with van der Waals surface area (Å²) in [5, 5.41) is 5.91. The van der Waals surface area contributed by atoms with Crippen LogP contribution in [-0.2, 0) is 0 Å². The second-order valence-corrected chi connectivity index (χ2v) is 6.64. The maximum absolute atomic E-state index is 5.84. The molecular formula is C8H14Cl3N3. The Balaban J connectivity index is 2.93. The van der Waals surface area contributed by atoms with Gasteiger partial charge in [-0.25, -0.2) is 0 Å². The van der Waals surface area contributed by atoms with E-state index in [-0.39, 0.29) is 11.6 Å². The first-order valence-corrected chi connectivity index (χ1v) is 5.39. The number of rotatable bonds is 0. The van der Waals surface area contributed by atoms with Gasteiger partial charge in [0.05, 0.1) is 0 Å². The molecule has 0 aromatic rings. The van der Waals surface area contributed by atoms with E-state index in [2.05, 4.69) is 25.9 Å². The lowest BCUT2D eigenvalue weighted by molar-refractivity contribution is 0.0538. The molecule has 6 heteroatoms. The molecule has 0 aliphatic carbocycles. The van der Waals surface area contributed by atoms with E-state index in [0.717, 1.165) is 0 Å². The largest absolute Gasteiger partial charge is 0.294 e. The first-order valence-electron chi connectivity index (χ1n) is 4.26. The molecule has 1 aliphatic rings. The Morgan fingerprint density at radius 3 is 2.00 bits per heavy atom. The van der Waals surface area contributed by atoms with Crippen LogP contribution in [0.15, 0.2) is 5.10 Å². The Hall–Kier alpha value is 0.140. The van der Waals surface area contributed by atoms with Crippen LogP contribution in [0.25, 0.3) is 0 Å². The Morgan fingerprint density at radius 1 is 1.21 bits per heavy atom. The van der Waals surface area contributed by atoms with Crippen LogP contribution in [0.3, 0.4) is 0 Å². The van der Waals surface area contributed by atoms with Crippen molar-refractivity contribution in [2.75, 3.05) is 7.05 Å². The highest BCUT2D eigenvalue weighted by Gasteiger charge is 2.44. The van der Waals surface area contributed by atoms with Crippen molar-refractivity contribution in [1.82, 2.24) is 9.91 Å². The van der Waals surface area contributed by atoms with Gasteiger partial charge >= 0.3 is 0 Å². The number of nitrogens with zero attached hydrogens (tertiary/aromatic N) is 3. The normalized spacial score (nSPS) is 23.5. The summed E-state index contributed by atoms with van der Waals surface area (Å²) in [6.45, 7) is 6.23. The molecule has 0 fully saturated rings. The summed E-state index contributed by atoms with van der Waals surface area (Å²) in [4.78, 5) is 1.62. The van der Waals surface area contributed by atoms with Gasteiger partial charge in [0.1, 0.15) is 12.5 Å². The van der Waals surface area contributed by atoms with Crippen molar-refractivity contribution in [3.8, 4) is 0 Å².